The van der Waals surface area contributed by atoms with Gasteiger partial charge in [0.1, 0.15) is 12.4 Å². The third-order valence-electron chi connectivity index (χ3n) is 5.35. The average molecular weight is 396 g/mol. The Hall–Kier alpha value is -2.97. The Labute approximate surface area is 168 Å². The first-order valence-electron chi connectivity index (χ1n) is 9.78. The highest BCUT2D eigenvalue weighted by Gasteiger charge is 2.31. The lowest BCUT2D eigenvalue weighted by Gasteiger charge is -2.16. The van der Waals surface area contributed by atoms with Crippen molar-refractivity contribution in [3.05, 3.63) is 59.4 Å². The summed E-state index contributed by atoms with van der Waals surface area (Å²) in [6.45, 7) is 1.98. The second-order valence-electron chi connectivity index (χ2n) is 7.40. The fraction of sp³-hybridized carbons (Fsp3) is 0.381. The number of hydrogen-bond donors (Lipinski definition) is 3. The summed E-state index contributed by atoms with van der Waals surface area (Å²) >= 11 is 0. The molecule has 2 fully saturated rings. The molecule has 152 valence electrons. The van der Waals surface area contributed by atoms with Crippen LogP contribution < -0.4 is 15.6 Å². The summed E-state index contributed by atoms with van der Waals surface area (Å²) in [5.74, 6) is -0.794. The summed E-state index contributed by atoms with van der Waals surface area (Å²) in [6, 6.07) is 11.3. The number of carboxylic acids is 1. The van der Waals surface area contributed by atoms with Crippen LogP contribution in [-0.2, 0) is 11.4 Å². The summed E-state index contributed by atoms with van der Waals surface area (Å²) in [5, 5.41) is 9.12. The quantitative estimate of drug-likeness (QED) is 0.683. The van der Waals surface area contributed by atoms with Crippen LogP contribution in [0.4, 0.5) is 0 Å². The lowest BCUT2D eigenvalue weighted by atomic mass is 10.1. The minimum Gasteiger partial charge on any atom is -0.487 e. The van der Waals surface area contributed by atoms with Crippen molar-refractivity contribution in [3.8, 4) is 5.75 Å². The predicted molar refractivity (Wildman–Crippen MR) is 105 cm³/mol. The van der Waals surface area contributed by atoms with Crippen LogP contribution in [0.1, 0.15) is 40.5 Å². The van der Waals surface area contributed by atoms with Crippen molar-refractivity contribution in [2.45, 2.75) is 25.5 Å². The van der Waals surface area contributed by atoms with E-state index in [1.54, 1.807) is 23.2 Å². The lowest BCUT2D eigenvalue weighted by Crippen LogP contribution is -2.30. The van der Waals surface area contributed by atoms with Gasteiger partial charge in [0.2, 0.25) is 0 Å². The molecule has 8 heteroatoms. The minimum atomic E-state index is -0.845. The van der Waals surface area contributed by atoms with E-state index in [2.05, 4.69) is 15.8 Å². The van der Waals surface area contributed by atoms with E-state index in [1.807, 2.05) is 24.3 Å². The summed E-state index contributed by atoms with van der Waals surface area (Å²) in [5.41, 5.74) is 8.66. The Morgan fingerprint density at radius 3 is 2.83 bits per heavy atom. The molecule has 2 saturated heterocycles. The smallest absolute Gasteiger partial charge is 0.308 e. The number of likely N-dealkylation sites (tertiary alicyclic amines) is 1. The van der Waals surface area contributed by atoms with E-state index in [-0.39, 0.29) is 18.5 Å². The van der Waals surface area contributed by atoms with Gasteiger partial charge in [-0.25, -0.2) is 5.43 Å². The molecular formula is C21H24N4O4. The van der Waals surface area contributed by atoms with E-state index < -0.39 is 11.9 Å². The molecule has 0 saturated carbocycles. The van der Waals surface area contributed by atoms with Gasteiger partial charge in [-0.3, -0.25) is 20.0 Å². The van der Waals surface area contributed by atoms with Gasteiger partial charge in [0.25, 0.3) is 5.91 Å². The van der Waals surface area contributed by atoms with Gasteiger partial charge in [0, 0.05) is 25.2 Å². The molecule has 4 rings (SSSR count). The molecule has 0 bridgehead atoms. The zero-order chi connectivity index (χ0) is 20.2. The summed E-state index contributed by atoms with van der Waals surface area (Å²) in [4.78, 5) is 29.8. The van der Waals surface area contributed by atoms with Crippen molar-refractivity contribution in [3.63, 3.8) is 0 Å². The van der Waals surface area contributed by atoms with Crippen LogP contribution in [0.5, 0.6) is 5.75 Å². The molecule has 2 aliphatic rings. The minimum absolute atomic E-state index is 0.140. The number of ether oxygens (including phenoxy) is 1. The van der Waals surface area contributed by atoms with Gasteiger partial charge < -0.3 is 14.7 Å². The Bertz CT molecular complexity index is 881. The number of amides is 1. The van der Waals surface area contributed by atoms with Crippen LogP contribution in [0.2, 0.25) is 0 Å². The first-order valence-corrected chi connectivity index (χ1v) is 9.78. The highest BCUT2D eigenvalue weighted by molar-refractivity contribution is 5.95. The van der Waals surface area contributed by atoms with Crippen molar-refractivity contribution in [1.29, 1.82) is 0 Å². The Kier molecular flexibility index (Phi) is 5.73. The van der Waals surface area contributed by atoms with Crippen molar-refractivity contribution in [2.24, 2.45) is 5.92 Å². The number of rotatable bonds is 6. The number of aliphatic carboxylic acids is 1. The normalized spacial score (nSPS) is 21.3. The van der Waals surface area contributed by atoms with Crippen molar-refractivity contribution < 1.29 is 19.4 Å². The molecule has 1 aromatic heterocycles. The maximum atomic E-state index is 12.7. The highest BCUT2D eigenvalue weighted by Crippen LogP contribution is 2.21. The average Bonchev–Trinajstić information content (AvgIpc) is 3.45. The number of aromatic nitrogens is 1. The van der Waals surface area contributed by atoms with Gasteiger partial charge >= 0.3 is 5.97 Å². The largest absolute Gasteiger partial charge is 0.487 e. The predicted octanol–water partition coefficient (Wildman–Crippen LogP) is 1.75. The van der Waals surface area contributed by atoms with Gasteiger partial charge in [0.15, 0.2) is 0 Å². The van der Waals surface area contributed by atoms with E-state index in [0.717, 1.165) is 24.2 Å². The SMILES string of the molecule is O=C(O)C1CCN(C(=O)c2cccc(COc3ccc(C4CCNN4)nc3)c2)C1. The Balaban J connectivity index is 1.35. The first-order chi connectivity index (χ1) is 14.1. The van der Waals surface area contributed by atoms with Crippen LogP contribution in [-0.4, -0.2) is 46.5 Å². The molecule has 1 aromatic carbocycles. The third kappa shape index (κ3) is 4.55. The first kappa shape index (κ1) is 19.4. The monoisotopic (exact) mass is 396 g/mol. The van der Waals surface area contributed by atoms with Crippen LogP contribution >= 0.6 is 0 Å². The second kappa shape index (κ2) is 8.59. The van der Waals surface area contributed by atoms with E-state index >= 15 is 0 Å². The van der Waals surface area contributed by atoms with Crippen LogP contribution in [0.25, 0.3) is 0 Å². The van der Waals surface area contributed by atoms with Crippen molar-refractivity contribution >= 4 is 11.9 Å². The van der Waals surface area contributed by atoms with E-state index in [1.165, 1.54) is 0 Å². The number of hydrazine groups is 1. The zero-order valence-electron chi connectivity index (χ0n) is 16.0. The third-order valence-corrected chi connectivity index (χ3v) is 5.35. The fourth-order valence-electron chi connectivity index (χ4n) is 3.68. The Morgan fingerprint density at radius 1 is 1.24 bits per heavy atom. The number of carbonyl (C=O) groups excluding carboxylic acids is 1. The molecule has 29 heavy (non-hydrogen) atoms. The highest BCUT2D eigenvalue weighted by atomic mass is 16.5. The lowest BCUT2D eigenvalue weighted by molar-refractivity contribution is -0.141. The molecule has 0 aliphatic carbocycles. The second-order valence-corrected chi connectivity index (χ2v) is 7.40. The molecule has 2 aliphatic heterocycles. The molecular weight excluding hydrogens is 372 g/mol. The topological polar surface area (TPSA) is 104 Å². The fourth-order valence-corrected chi connectivity index (χ4v) is 3.68. The van der Waals surface area contributed by atoms with Crippen molar-refractivity contribution in [2.75, 3.05) is 19.6 Å². The number of carbonyl (C=O) groups is 2. The molecule has 3 heterocycles. The van der Waals surface area contributed by atoms with Crippen LogP contribution in [0, 0.1) is 5.92 Å². The van der Waals surface area contributed by atoms with Gasteiger partial charge in [-0.2, -0.15) is 0 Å². The molecule has 8 nitrogen and oxygen atoms in total. The molecule has 2 aromatic rings. The molecule has 2 atom stereocenters. The number of pyridine rings is 1. The molecule has 1 amide bonds. The van der Waals surface area contributed by atoms with E-state index in [9.17, 15) is 9.59 Å². The van der Waals surface area contributed by atoms with Gasteiger partial charge in [-0.15, -0.1) is 0 Å². The molecule has 3 N–H and O–H groups in total. The number of carboxylic acid groups (broad SMARTS) is 1. The number of nitrogens with zero attached hydrogens (tertiary/aromatic N) is 2. The summed E-state index contributed by atoms with van der Waals surface area (Å²) in [6.07, 6.45) is 3.21. The Morgan fingerprint density at radius 2 is 2.14 bits per heavy atom. The van der Waals surface area contributed by atoms with E-state index in [0.29, 0.717) is 30.9 Å². The zero-order valence-corrected chi connectivity index (χ0v) is 16.0. The summed E-state index contributed by atoms with van der Waals surface area (Å²) < 4.78 is 5.82. The number of nitrogens with one attached hydrogen (secondary N) is 2. The standard InChI is InChI=1S/C21H24N4O4/c26-20(25-9-7-16(12-25)21(27)28)15-3-1-2-14(10-15)13-29-17-4-5-18(22-11-17)19-6-8-23-24-19/h1-5,10-11,16,19,23-24H,6-9,12-13H2,(H,27,28). The van der Waals surface area contributed by atoms with Gasteiger partial charge in [-0.1, -0.05) is 12.1 Å². The maximum Gasteiger partial charge on any atom is 0.308 e. The number of hydrogen-bond acceptors (Lipinski definition) is 6. The van der Waals surface area contributed by atoms with Crippen molar-refractivity contribution in [1.82, 2.24) is 20.7 Å². The molecule has 2 unspecified atom stereocenters. The number of benzene rings is 1. The van der Waals surface area contributed by atoms with Crippen LogP contribution in [0.15, 0.2) is 42.6 Å². The maximum absolute atomic E-state index is 12.7. The van der Waals surface area contributed by atoms with Gasteiger partial charge in [0.05, 0.1) is 23.9 Å². The molecule has 0 spiro atoms. The van der Waals surface area contributed by atoms with E-state index in [4.69, 9.17) is 9.84 Å². The van der Waals surface area contributed by atoms with Crippen LogP contribution in [0.3, 0.4) is 0 Å². The molecule has 0 radical (unpaired) electrons. The van der Waals surface area contributed by atoms with Gasteiger partial charge in [-0.05, 0) is 42.7 Å². The summed E-state index contributed by atoms with van der Waals surface area (Å²) in [7, 11) is 0.